The molecule has 0 aliphatic carbocycles. The van der Waals surface area contributed by atoms with E-state index in [4.69, 9.17) is 10.5 Å². The Balaban J connectivity index is 2.24. The lowest BCUT2D eigenvalue weighted by Crippen LogP contribution is -2.49. The van der Waals surface area contributed by atoms with Gasteiger partial charge in [-0.05, 0) is 47.7 Å². The summed E-state index contributed by atoms with van der Waals surface area (Å²) >= 11 is 2.29. The molecule has 0 aromatic heterocycles. The first-order valence-corrected chi connectivity index (χ1v) is 6.74. The summed E-state index contributed by atoms with van der Waals surface area (Å²) in [5, 5.41) is 9.18. The number of aliphatic hydroxyl groups excluding tert-OH is 1. The molecule has 0 amide bonds. The van der Waals surface area contributed by atoms with Gasteiger partial charge in [0.2, 0.25) is 0 Å². The Morgan fingerprint density at radius 2 is 2.35 bits per heavy atom. The monoisotopic (exact) mass is 348 g/mol. The minimum atomic E-state index is -0.0976. The van der Waals surface area contributed by atoms with Crippen LogP contribution in [0.5, 0.6) is 0 Å². The third-order valence-corrected chi connectivity index (χ3v) is 3.85. The van der Waals surface area contributed by atoms with Gasteiger partial charge in [0.1, 0.15) is 0 Å². The molecule has 2 atom stereocenters. The van der Waals surface area contributed by atoms with E-state index < -0.39 is 0 Å². The van der Waals surface area contributed by atoms with E-state index in [9.17, 15) is 5.11 Å². The van der Waals surface area contributed by atoms with Crippen LogP contribution < -0.4 is 10.6 Å². The highest BCUT2D eigenvalue weighted by Gasteiger charge is 2.26. The van der Waals surface area contributed by atoms with E-state index in [1.165, 1.54) is 0 Å². The van der Waals surface area contributed by atoms with Crippen molar-refractivity contribution in [2.45, 2.75) is 19.1 Å². The highest BCUT2D eigenvalue weighted by atomic mass is 127. The molecule has 2 rings (SSSR count). The van der Waals surface area contributed by atoms with Gasteiger partial charge in [0.25, 0.3) is 0 Å². The number of rotatable bonds is 2. The molecule has 5 heteroatoms. The second kappa shape index (κ2) is 5.41. The highest BCUT2D eigenvalue weighted by molar-refractivity contribution is 14.1. The van der Waals surface area contributed by atoms with Crippen molar-refractivity contribution >= 4 is 34.0 Å². The molecule has 17 heavy (non-hydrogen) atoms. The van der Waals surface area contributed by atoms with Crippen LogP contribution in [-0.4, -0.2) is 37.0 Å². The molecule has 4 nitrogen and oxygen atoms in total. The SMILES string of the molecule is CC1COC(CO)CN1c1ccc(N)cc1I. The minimum absolute atomic E-state index is 0.0643. The summed E-state index contributed by atoms with van der Waals surface area (Å²) in [7, 11) is 0. The Kier molecular flexibility index (Phi) is 4.11. The Labute approximate surface area is 115 Å². The molecule has 1 aromatic carbocycles. The largest absolute Gasteiger partial charge is 0.399 e. The van der Waals surface area contributed by atoms with Crippen molar-refractivity contribution in [2.24, 2.45) is 0 Å². The molecule has 1 fully saturated rings. The standard InChI is InChI=1S/C12H17IN2O2/c1-8-7-17-10(6-16)5-15(8)12-3-2-9(14)4-11(12)13/h2-4,8,10,16H,5-7,14H2,1H3. The van der Waals surface area contributed by atoms with Crippen LogP contribution in [0.4, 0.5) is 11.4 Å². The van der Waals surface area contributed by atoms with Gasteiger partial charge in [-0.2, -0.15) is 0 Å². The fourth-order valence-corrected chi connectivity index (χ4v) is 2.87. The van der Waals surface area contributed by atoms with Crippen molar-refractivity contribution in [2.75, 3.05) is 30.4 Å². The van der Waals surface area contributed by atoms with E-state index in [1.54, 1.807) is 0 Å². The summed E-state index contributed by atoms with van der Waals surface area (Å²) in [4.78, 5) is 2.27. The van der Waals surface area contributed by atoms with Crippen LogP contribution in [0.15, 0.2) is 18.2 Å². The second-order valence-corrected chi connectivity index (χ2v) is 5.51. The van der Waals surface area contributed by atoms with Gasteiger partial charge in [0.05, 0.1) is 25.0 Å². The van der Waals surface area contributed by atoms with E-state index in [0.29, 0.717) is 12.6 Å². The lowest BCUT2D eigenvalue weighted by molar-refractivity contribution is -0.0103. The maximum absolute atomic E-state index is 9.18. The fourth-order valence-electron chi connectivity index (χ4n) is 2.02. The third-order valence-electron chi connectivity index (χ3n) is 2.99. The summed E-state index contributed by atoms with van der Waals surface area (Å²) in [6, 6.07) is 6.22. The molecule has 3 N–H and O–H groups in total. The molecule has 0 saturated carbocycles. The lowest BCUT2D eigenvalue weighted by atomic mass is 10.1. The van der Waals surface area contributed by atoms with Crippen molar-refractivity contribution in [3.63, 3.8) is 0 Å². The number of nitrogens with zero attached hydrogens (tertiary/aromatic N) is 1. The van der Waals surface area contributed by atoms with Crippen LogP contribution in [0.2, 0.25) is 0 Å². The van der Waals surface area contributed by atoms with Crippen molar-refractivity contribution in [3.05, 3.63) is 21.8 Å². The van der Waals surface area contributed by atoms with Crippen LogP contribution in [-0.2, 0) is 4.74 Å². The fraction of sp³-hybridized carbons (Fsp3) is 0.500. The molecule has 2 unspecified atom stereocenters. The smallest absolute Gasteiger partial charge is 0.0981 e. The average Bonchev–Trinajstić information content (AvgIpc) is 2.30. The first kappa shape index (κ1) is 12.9. The first-order chi connectivity index (χ1) is 8.11. The Morgan fingerprint density at radius 1 is 1.59 bits per heavy atom. The maximum Gasteiger partial charge on any atom is 0.0981 e. The summed E-state index contributed by atoms with van der Waals surface area (Å²) in [5.74, 6) is 0. The number of ether oxygens (including phenoxy) is 1. The molecular weight excluding hydrogens is 331 g/mol. The van der Waals surface area contributed by atoms with Gasteiger partial charge >= 0.3 is 0 Å². The highest BCUT2D eigenvalue weighted by Crippen LogP contribution is 2.28. The number of anilines is 2. The van der Waals surface area contributed by atoms with Crippen LogP contribution in [0, 0.1) is 3.57 Å². The van der Waals surface area contributed by atoms with Crippen molar-refractivity contribution < 1.29 is 9.84 Å². The van der Waals surface area contributed by atoms with Gasteiger partial charge in [-0.15, -0.1) is 0 Å². The Morgan fingerprint density at radius 3 is 3.00 bits per heavy atom. The number of morpholine rings is 1. The number of nitrogen functional groups attached to an aromatic ring is 1. The number of benzene rings is 1. The number of hydrogen-bond donors (Lipinski definition) is 2. The summed E-state index contributed by atoms with van der Waals surface area (Å²) in [5.41, 5.74) is 7.69. The normalized spacial score (nSPS) is 25.0. The van der Waals surface area contributed by atoms with Crippen LogP contribution in [0.1, 0.15) is 6.92 Å². The number of halogens is 1. The van der Waals surface area contributed by atoms with E-state index in [1.807, 2.05) is 18.2 Å². The van der Waals surface area contributed by atoms with Crippen LogP contribution >= 0.6 is 22.6 Å². The van der Waals surface area contributed by atoms with Crippen molar-refractivity contribution in [1.29, 1.82) is 0 Å². The quantitative estimate of drug-likeness (QED) is 0.628. The molecule has 1 aliphatic heterocycles. The maximum atomic E-state index is 9.18. The van der Waals surface area contributed by atoms with Crippen molar-refractivity contribution in [1.82, 2.24) is 0 Å². The summed E-state index contributed by atoms with van der Waals surface area (Å²) < 4.78 is 6.67. The molecule has 94 valence electrons. The Hall–Kier alpha value is -0.530. The van der Waals surface area contributed by atoms with E-state index in [-0.39, 0.29) is 12.7 Å². The minimum Gasteiger partial charge on any atom is -0.399 e. The topological polar surface area (TPSA) is 58.7 Å². The molecular formula is C12H17IN2O2. The van der Waals surface area contributed by atoms with Gasteiger partial charge in [-0.1, -0.05) is 0 Å². The number of nitrogens with two attached hydrogens (primary N) is 1. The van der Waals surface area contributed by atoms with E-state index >= 15 is 0 Å². The summed E-state index contributed by atoms with van der Waals surface area (Å²) in [6.07, 6.45) is -0.0976. The van der Waals surface area contributed by atoms with Gasteiger partial charge in [-0.25, -0.2) is 0 Å². The zero-order valence-corrected chi connectivity index (χ0v) is 11.9. The second-order valence-electron chi connectivity index (χ2n) is 4.35. The molecule has 1 heterocycles. The summed E-state index contributed by atoms with van der Waals surface area (Å²) in [6.45, 7) is 3.55. The average molecular weight is 348 g/mol. The predicted octanol–water partition coefficient (Wildman–Crippen LogP) is 1.46. The molecule has 1 aromatic rings. The zero-order valence-electron chi connectivity index (χ0n) is 9.77. The molecule has 1 saturated heterocycles. The Bertz CT molecular complexity index is 400. The first-order valence-electron chi connectivity index (χ1n) is 5.66. The van der Waals surface area contributed by atoms with E-state index in [2.05, 4.69) is 34.4 Å². The van der Waals surface area contributed by atoms with Gasteiger partial charge < -0.3 is 20.5 Å². The number of aliphatic hydroxyl groups is 1. The predicted molar refractivity (Wildman–Crippen MR) is 77.2 cm³/mol. The molecule has 0 bridgehead atoms. The zero-order chi connectivity index (χ0) is 12.4. The van der Waals surface area contributed by atoms with Crippen molar-refractivity contribution in [3.8, 4) is 0 Å². The van der Waals surface area contributed by atoms with Crippen LogP contribution in [0.25, 0.3) is 0 Å². The third kappa shape index (κ3) is 2.83. The lowest BCUT2D eigenvalue weighted by Gasteiger charge is -2.39. The van der Waals surface area contributed by atoms with Crippen LogP contribution in [0.3, 0.4) is 0 Å². The molecule has 1 aliphatic rings. The van der Waals surface area contributed by atoms with E-state index in [0.717, 1.165) is 21.5 Å². The molecule has 0 radical (unpaired) electrons. The van der Waals surface area contributed by atoms with Gasteiger partial charge in [0.15, 0.2) is 0 Å². The van der Waals surface area contributed by atoms with Gasteiger partial charge in [0, 0.05) is 21.8 Å². The molecule has 0 spiro atoms. The van der Waals surface area contributed by atoms with Gasteiger partial charge in [-0.3, -0.25) is 0 Å². The number of hydrogen-bond acceptors (Lipinski definition) is 4.